The number of pyridine rings is 3. The van der Waals surface area contributed by atoms with E-state index in [1.54, 1.807) is 18.7 Å². The number of nitrogens with zero attached hydrogens (tertiary/aromatic N) is 4. The first-order valence-electron chi connectivity index (χ1n) is 5.38. The predicted molar refractivity (Wildman–Crippen MR) is 65.8 cm³/mol. The molecule has 0 radical (unpaired) electrons. The van der Waals surface area contributed by atoms with Crippen LogP contribution < -0.4 is 0 Å². The fourth-order valence-corrected chi connectivity index (χ4v) is 2.26. The van der Waals surface area contributed by atoms with Crippen molar-refractivity contribution < 1.29 is 0 Å². The Morgan fingerprint density at radius 3 is 2.71 bits per heavy atom. The molecule has 4 rings (SSSR count). The maximum atomic E-state index is 4.44. The average Bonchev–Trinajstić information content (AvgIpc) is 2.89. The van der Waals surface area contributed by atoms with Crippen molar-refractivity contribution in [3.8, 4) is 0 Å². The van der Waals surface area contributed by atoms with Gasteiger partial charge in [0.2, 0.25) is 0 Å². The number of fused-ring (bicyclic) bond motifs is 6. The van der Waals surface area contributed by atoms with Crippen LogP contribution in [0.5, 0.6) is 0 Å². The number of aromatic nitrogens is 4. The summed E-state index contributed by atoms with van der Waals surface area (Å²) in [5.74, 6) is 0. The van der Waals surface area contributed by atoms with Gasteiger partial charge in [0, 0.05) is 23.2 Å². The molecule has 4 aromatic heterocycles. The van der Waals surface area contributed by atoms with E-state index in [0.29, 0.717) is 0 Å². The van der Waals surface area contributed by atoms with Gasteiger partial charge in [-0.15, -0.1) is 0 Å². The summed E-state index contributed by atoms with van der Waals surface area (Å²) < 4.78 is 1.98. The Morgan fingerprint density at radius 2 is 1.76 bits per heavy atom. The third-order valence-corrected chi connectivity index (χ3v) is 2.99. The predicted octanol–water partition coefficient (Wildman–Crippen LogP) is 2.43. The van der Waals surface area contributed by atoms with Gasteiger partial charge in [-0.3, -0.25) is 9.38 Å². The molecule has 0 fully saturated rings. The van der Waals surface area contributed by atoms with Crippen LogP contribution in [0, 0.1) is 0 Å². The molecule has 4 nitrogen and oxygen atoms in total. The lowest BCUT2D eigenvalue weighted by Gasteiger charge is -2.05. The lowest BCUT2D eigenvalue weighted by Crippen LogP contribution is -1.92. The zero-order valence-corrected chi connectivity index (χ0v) is 8.91. The minimum atomic E-state index is 0.917. The van der Waals surface area contributed by atoms with E-state index in [4.69, 9.17) is 0 Å². The van der Waals surface area contributed by atoms with Crippen molar-refractivity contribution in [3.63, 3.8) is 0 Å². The smallest absolute Gasteiger partial charge is 0.146 e. The molecule has 0 N–H and O–H groups in total. The van der Waals surface area contributed by atoms with Crippen molar-refractivity contribution in [2.75, 3.05) is 0 Å². The van der Waals surface area contributed by atoms with Crippen LogP contribution >= 0.6 is 0 Å². The maximum absolute atomic E-state index is 4.44. The van der Waals surface area contributed by atoms with E-state index in [9.17, 15) is 0 Å². The molecule has 0 unspecified atom stereocenters. The molecule has 0 saturated carbocycles. The fourth-order valence-electron chi connectivity index (χ4n) is 2.26. The summed E-state index contributed by atoms with van der Waals surface area (Å²) in [4.78, 5) is 13.1. The molecule has 0 bridgehead atoms. The van der Waals surface area contributed by atoms with Crippen molar-refractivity contribution in [2.45, 2.75) is 0 Å². The van der Waals surface area contributed by atoms with E-state index < -0.39 is 0 Å². The molecule has 0 saturated heterocycles. The first-order valence-corrected chi connectivity index (χ1v) is 5.38. The summed E-state index contributed by atoms with van der Waals surface area (Å²) in [5, 5.41) is 2.21. The fraction of sp³-hybridized carbons (Fsp3) is 0. The second-order valence-corrected chi connectivity index (χ2v) is 3.92. The summed E-state index contributed by atoms with van der Waals surface area (Å²) in [5.41, 5.74) is 2.87. The maximum Gasteiger partial charge on any atom is 0.146 e. The highest BCUT2D eigenvalue weighted by Crippen LogP contribution is 2.25. The first-order chi connectivity index (χ1) is 8.45. The van der Waals surface area contributed by atoms with Crippen molar-refractivity contribution in [3.05, 3.63) is 49.2 Å². The largest absolute Gasteiger partial charge is 0.281 e. The van der Waals surface area contributed by atoms with E-state index >= 15 is 0 Å². The van der Waals surface area contributed by atoms with Gasteiger partial charge in [-0.25, -0.2) is 9.97 Å². The molecule has 0 spiro atoms. The Bertz CT molecular complexity index is 778. The molecule has 4 heteroatoms. The topological polar surface area (TPSA) is 43.1 Å². The van der Waals surface area contributed by atoms with Crippen LogP contribution in [0.25, 0.3) is 27.5 Å². The van der Waals surface area contributed by atoms with Crippen LogP contribution in [0.15, 0.2) is 49.2 Å². The van der Waals surface area contributed by atoms with Crippen LogP contribution in [0.1, 0.15) is 0 Å². The van der Waals surface area contributed by atoms with E-state index in [-0.39, 0.29) is 0 Å². The number of hydrogen-bond acceptors (Lipinski definition) is 3. The quantitative estimate of drug-likeness (QED) is 0.427. The van der Waals surface area contributed by atoms with Gasteiger partial charge in [0.25, 0.3) is 0 Å². The van der Waals surface area contributed by atoms with Gasteiger partial charge < -0.3 is 0 Å². The summed E-state index contributed by atoms with van der Waals surface area (Å²) in [7, 11) is 0. The number of hydrogen-bond donors (Lipinski definition) is 0. The van der Waals surface area contributed by atoms with Gasteiger partial charge in [0.15, 0.2) is 0 Å². The molecule has 0 aliphatic rings. The van der Waals surface area contributed by atoms with Crippen LogP contribution in [-0.2, 0) is 0 Å². The van der Waals surface area contributed by atoms with Crippen LogP contribution in [-0.4, -0.2) is 19.4 Å². The van der Waals surface area contributed by atoms with E-state index in [2.05, 4.69) is 27.1 Å². The van der Waals surface area contributed by atoms with Crippen molar-refractivity contribution >= 4 is 27.5 Å². The van der Waals surface area contributed by atoms with Gasteiger partial charge in [-0.2, -0.15) is 0 Å². The molecule has 17 heavy (non-hydrogen) atoms. The van der Waals surface area contributed by atoms with E-state index in [1.165, 1.54) is 0 Å². The summed E-state index contributed by atoms with van der Waals surface area (Å²) in [6.07, 6.45) is 7.20. The highest BCUT2D eigenvalue weighted by Gasteiger charge is 2.08. The Kier molecular flexibility index (Phi) is 1.53. The SMILES string of the molecule is c1cnc2c(c1)c1cccnc1n1cncc21. The Hall–Kier alpha value is -2.49. The van der Waals surface area contributed by atoms with Crippen LogP contribution in [0.3, 0.4) is 0 Å². The minimum Gasteiger partial charge on any atom is -0.281 e. The average molecular weight is 220 g/mol. The highest BCUT2D eigenvalue weighted by molar-refractivity contribution is 6.09. The highest BCUT2D eigenvalue weighted by atomic mass is 15.0. The van der Waals surface area contributed by atoms with Gasteiger partial charge in [0.1, 0.15) is 12.0 Å². The molecule has 4 aromatic rings. The zero-order chi connectivity index (χ0) is 11.2. The summed E-state index contributed by atoms with van der Waals surface area (Å²) >= 11 is 0. The second kappa shape index (κ2) is 3.01. The lowest BCUT2D eigenvalue weighted by atomic mass is 10.1. The molecule has 0 atom stereocenters. The third-order valence-electron chi connectivity index (χ3n) is 2.99. The monoisotopic (exact) mass is 220 g/mol. The van der Waals surface area contributed by atoms with Crippen molar-refractivity contribution in [1.29, 1.82) is 0 Å². The molecule has 4 heterocycles. The third kappa shape index (κ3) is 1.04. The Morgan fingerprint density at radius 1 is 0.941 bits per heavy atom. The summed E-state index contributed by atoms with van der Waals surface area (Å²) in [6.45, 7) is 0. The molecular weight excluding hydrogens is 212 g/mol. The van der Waals surface area contributed by atoms with Gasteiger partial charge in [0.05, 0.1) is 17.2 Å². The normalized spacial score (nSPS) is 11.5. The van der Waals surface area contributed by atoms with Gasteiger partial charge >= 0.3 is 0 Å². The van der Waals surface area contributed by atoms with Gasteiger partial charge in [-0.1, -0.05) is 6.07 Å². The minimum absolute atomic E-state index is 0.917. The molecule has 0 aromatic carbocycles. The van der Waals surface area contributed by atoms with Gasteiger partial charge in [-0.05, 0) is 18.2 Å². The molecule has 0 amide bonds. The molecule has 0 aliphatic carbocycles. The number of imidazole rings is 1. The first kappa shape index (κ1) is 8.64. The Balaban J connectivity index is 2.48. The molecule has 0 aliphatic heterocycles. The molecular formula is C13H8N4. The van der Waals surface area contributed by atoms with E-state index in [1.807, 2.05) is 22.7 Å². The Labute approximate surface area is 96.6 Å². The summed E-state index contributed by atoms with van der Waals surface area (Å²) in [6, 6.07) is 8.02. The van der Waals surface area contributed by atoms with Crippen LogP contribution in [0.4, 0.5) is 0 Å². The van der Waals surface area contributed by atoms with E-state index in [0.717, 1.165) is 27.5 Å². The second-order valence-electron chi connectivity index (χ2n) is 3.92. The van der Waals surface area contributed by atoms with Crippen molar-refractivity contribution in [1.82, 2.24) is 19.4 Å². The molecule has 80 valence electrons. The van der Waals surface area contributed by atoms with Crippen LogP contribution in [0.2, 0.25) is 0 Å². The standard InChI is InChI=1S/C13H8N4/c1-3-9-10-4-2-6-16-13(10)17-8-14-7-11(17)12(9)15-5-1/h1-8H. The lowest BCUT2D eigenvalue weighted by molar-refractivity contribution is 1.16. The van der Waals surface area contributed by atoms with Crippen molar-refractivity contribution in [2.24, 2.45) is 0 Å². The zero-order valence-electron chi connectivity index (χ0n) is 8.91. The number of rotatable bonds is 0.